The minimum atomic E-state index is -3.37. The molecule has 2 bridgehead atoms. The van der Waals surface area contributed by atoms with E-state index in [9.17, 15) is 8.42 Å². The molecule has 2 aliphatic heterocycles. The summed E-state index contributed by atoms with van der Waals surface area (Å²) in [4.78, 5) is 4.68. The third kappa shape index (κ3) is 5.38. The average Bonchev–Trinajstić information content (AvgIpc) is 3.25. The summed E-state index contributed by atoms with van der Waals surface area (Å²) in [7, 11) is -1.65. The number of hydrogen-bond acceptors (Lipinski definition) is 4. The lowest BCUT2D eigenvalue weighted by molar-refractivity contribution is 0.0992. The minimum absolute atomic E-state index is 0. The topological polar surface area (TPSA) is 79.8 Å². The van der Waals surface area contributed by atoms with Crippen LogP contribution in [0.3, 0.4) is 0 Å². The number of sulfone groups is 1. The van der Waals surface area contributed by atoms with E-state index in [0.717, 1.165) is 30.4 Å². The van der Waals surface area contributed by atoms with Gasteiger partial charge in [0.2, 0.25) is 0 Å². The lowest BCUT2D eigenvalue weighted by atomic mass is 9.96. The van der Waals surface area contributed by atoms with Crippen molar-refractivity contribution in [3.05, 3.63) is 29.3 Å². The molecule has 0 saturated carbocycles. The van der Waals surface area contributed by atoms with E-state index in [2.05, 4.69) is 15.6 Å². The molecular weight excluding hydrogens is 489 g/mol. The van der Waals surface area contributed by atoms with Crippen LogP contribution in [0.2, 0.25) is 0 Å². The standard InChI is InChI=1S/C20H31N3O3S.HI/c1-5-15(12-27(24,25)17-8-6-13(2)14(3)10-17)22-20(21-4)23-18-11-16-7-9-19(18)26-16;/h6,8,10,15-16,18-19H,5,7,9,11-12H2,1-4H3,(H2,21,22,23);1H. The molecular formula is C20H32IN3O3S. The number of ether oxygens (including phenoxy) is 1. The summed E-state index contributed by atoms with van der Waals surface area (Å²) in [6.45, 7) is 5.91. The van der Waals surface area contributed by atoms with Crippen molar-refractivity contribution in [3.63, 3.8) is 0 Å². The zero-order valence-corrected chi connectivity index (χ0v) is 20.2. The zero-order valence-electron chi connectivity index (χ0n) is 17.1. The molecule has 0 aromatic heterocycles. The van der Waals surface area contributed by atoms with Gasteiger partial charge >= 0.3 is 0 Å². The van der Waals surface area contributed by atoms with Crippen LogP contribution in [0.1, 0.15) is 43.7 Å². The van der Waals surface area contributed by atoms with Crippen molar-refractivity contribution in [3.8, 4) is 0 Å². The Hall–Kier alpha value is -0.870. The van der Waals surface area contributed by atoms with E-state index in [1.807, 2.05) is 26.8 Å². The van der Waals surface area contributed by atoms with Gasteiger partial charge in [-0.05, 0) is 62.8 Å². The molecule has 1 aromatic rings. The van der Waals surface area contributed by atoms with E-state index in [1.54, 1.807) is 19.2 Å². The highest BCUT2D eigenvalue weighted by Gasteiger charge is 2.41. The summed E-state index contributed by atoms with van der Waals surface area (Å²) in [5.41, 5.74) is 2.09. The van der Waals surface area contributed by atoms with Gasteiger partial charge in [-0.3, -0.25) is 4.99 Å². The number of aliphatic imine (C=N–C) groups is 1. The number of nitrogens with one attached hydrogen (secondary N) is 2. The monoisotopic (exact) mass is 521 g/mol. The second-order valence-corrected chi connectivity index (χ2v) is 9.74. The van der Waals surface area contributed by atoms with Gasteiger partial charge in [-0.1, -0.05) is 13.0 Å². The van der Waals surface area contributed by atoms with E-state index >= 15 is 0 Å². The largest absolute Gasteiger partial charge is 0.373 e. The van der Waals surface area contributed by atoms with Crippen LogP contribution < -0.4 is 10.6 Å². The third-order valence-electron chi connectivity index (χ3n) is 5.74. The molecule has 4 atom stereocenters. The Labute approximate surface area is 185 Å². The molecule has 8 heteroatoms. The van der Waals surface area contributed by atoms with Gasteiger partial charge in [0.1, 0.15) is 0 Å². The van der Waals surface area contributed by atoms with Crippen molar-refractivity contribution in [1.29, 1.82) is 0 Å². The van der Waals surface area contributed by atoms with Crippen LogP contribution in [0.4, 0.5) is 0 Å². The van der Waals surface area contributed by atoms with Crippen molar-refractivity contribution < 1.29 is 13.2 Å². The predicted octanol–water partition coefficient (Wildman–Crippen LogP) is 2.96. The molecule has 0 radical (unpaired) electrons. The van der Waals surface area contributed by atoms with Gasteiger partial charge in [0.25, 0.3) is 0 Å². The fraction of sp³-hybridized carbons (Fsp3) is 0.650. The van der Waals surface area contributed by atoms with Crippen molar-refractivity contribution in [2.45, 2.75) is 75.6 Å². The van der Waals surface area contributed by atoms with Crippen LogP contribution >= 0.6 is 24.0 Å². The highest BCUT2D eigenvalue weighted by molar-refractivity contribution is 14.0. The summed E-state index contributed by atoms with van der Waals surface area (Å²) in [6, 6.07) is 5.37. The van der Waals surface area contributed by atoms with Crippen LogP contribution in [-0.4, -0.2) is 51.5 Å². The number of guanidine groups is 1. The SMILES string of the molecule is CCC(CS(=O)(=O)c1ccc(C)c(C)c1)NC(=NC)NC1CC2CCC1O2.I. The Morgan fingerprint density at radius 3 is 2.57 bits per heavy atom. The molecule has 2 N–H and O–H groups in total. The van der Waals surface area contributed by atoms with Gasteiger partial charge in [0.05, 0.1) is 28.9 Å². The summed E-state index contributed by atoms with van der Waals surface area (Å²) in [5.74, 6) is 0.693. The van der Waals surface area contributed by atoms with E-state index in [-0.39, 0.29) is 47.9 Å². The maximum Gasteiger partial charge on any atom is 0.191 e. The molecule has 3 rings (SSSR count). The highest BCUT2D eigenvalue weighted by Crippen LogP contribution is 2.34. The number of rotatable bonds is 6. The number of fused-ring (bicyclic) bond motifs is 2. The van der Waals surface area contributed by atoms with E-state index in [1.165, 1.54) is 0 Å². The molecule has 2 heterocycles. The first kappa shape index (κ1) is 23.4. The average molecular weight is 521 g/mol. The Bertz CT molecular complexity index is 813. The lowest BCUT2D eigenvalue weighted by Gasteiger charge is -2.25. The third-order valence-corrected chi connectivity index (χ3v) is 7.56. The van der Waals surface area contributed by atoms with Gasteiger partial charge < -0.3 is 15.4 Å². The normalized spacial score (nSPS) is 25.3. The van der Waals surface area contributed by atoms with E-state index in [0.29, 0.717) is 23.4 Å². The van der Waals surface area contributed by atoms with Gasteiger partial charge in [-0.15, -0.1) is 24.0 Å². The molecule has 0 amide bonds. The van der Waals surface area contributed by atoms with Crippen LogP contribution in [0.15, 0.2) is 28.1 Å². The molecule has 0 aliphatic carbocycles. The Morgan fingerprint density at radius 1 is 1.29 bits per heavy atom. The molecule has 2 saturated heterocycles. The molecule has 2 fully saturated rings. The van der Waals surface area contributed by atoms with Crippen molar-refractivity contribution >= 4 is 39.8 Å². The Morgan fingerprint density at radius 2 is 2.04 bits per heavy atom. The fourth-order valence-electron chi connectivity index (χ4n) is 3.86. The minimum Gasteiger partial charge on any atom is -0.373 e. The first-order valence-electron chi connectivity index (χ1n) is 9.77. The quantitative estimate of drug-likeness (QED) is 0.342. The van der Waals surface area contributed by atoms with Crippen molar-refractivity contribution in [2.75, 3.05) is 12.8 Å². The predicted molar refractivity (Wildman–Crippen MR) is 123 cm³/mol. The van der Waals surface area contributed by atoms with Crippen LogP contribution in [0.25, 0.3) is 0 Å². The number of hydrogen-bond donors (Lipinski definition) is 2. The van der Waals surface area contributed by atoms with Crippen molar-refractivity contribution in [1.82, 2.24) is 10.6 Å². The summed E-state index contributed by atoms with van der Waals surface area (Å²) in [5, 5.41) is 6.72. The second-order valence-electron chi connectivity index (χ2n) is 7.71. The number of nitrogens with zero attached hydrogens (tertiary/aromatic N) is 1. The smallest absolute Gasteiger partial charge is 0.191 e. The summed E-state index contributed by atoms with van der Waals surface area (Å²) >= 11 is 0. The molecule has 6 nitrogen and oxygen atoms in total. The number of aryl methyl sites for hydroxylation is 2. The molecule has 158 valence electrons. The van der Waals surface area contributed by atoms with Gasteiger partial charge in [0.15, 0.2) is 15.8 Å². The summed E-state index contributed by atoms with van der Waals surface area (Å²) in [6.07, 6.45) is 4.50. The summed E-state index contributed by atoms with van der Waals surface area (Å²) < 4.78 is 31.6. The van der Waals surface area contributed by atoms with E-state index in [4.69, 9.17) is 4.74 Å². The maximum atomic E-state index is 12.9. The second kappa shape index (κ2) is 9.75. The van der Waals surface area contributed by atoms with Crippen molar-refractivity contribution in [2.24, 2.45) is 4.99 Å². The fourth-order valence-corrected chi connectivity index (χ4v) is 5.53. The highest BCUT2D eigenvalue weighted by atomic mass is 127. The molecule has 2 aliphatic rings. The first-order chi connectivity index (χ1) is 12.8. The van der Waals surface area contributed by atoms with Crippen LogP contribution in [0, 0.1) is 13.8 Å². The molecule has 28 heavy (non-hydrogen) atoms. The Balaban J connectivity index is 0.00000280. The first-order valence-corrected chi connectivity index (χ1v) is 11.4. The zero-order chi connectivity index (χ0) is 19.6. The molecule has 4 unspecified atom stereocenters. The number of halogens is 1. The van der Waals surface area contributed by atoms with Crippen LogP contribution in [-0.2, 0) is 14.6 Å². The van der Waals surface area contributed by atoms with Gasteiger partial charge in [-0.2, -0.15) is 0 Å². The lowest BCUT2D eigenvalue weighted by Crippen LogP contribution is -2.51. The van der Waals surface area contributed by atoms with E-state index < -0.39 is 9.84 Å². The molecule has 0 spiro atoms. The van der Waals surface area contributed by atoms with Gasteiger partial charge in [-0.25, -0.2) is 8.42 Å². The molecule has 1 aromatic carbocycles. The van der Waals surface area contributed by atoms with Crippen LogP contribution in [0.5, 0.6) is 0 Å². The Kier molecular flexibility index (Phi) is 8.16. The maximum absolute atomic E-state index is 12.9. The van der Waals surface area contributed by atoms with Gasteiger partial charge in [0, 0.05) is 13.1 Å². The number of benzene rings is 1.